The molecule has 0 atom stereocenters. The van der Waals surface area contributed by atoms with E-state index in [1.807, 2.05) is 6.92 Å². The van der Waals surface area contributed by atoms with Crippen LogP contribution in [0.5, 0.6) is 0 Å². The van der Waals surface area contributed by atoms with Crippen LogP contribution in [0.25, 0.3) is 6.08 Å². The molecule has 0 N–H and O–H groups in total. The number of benzene rings is 1. The zero-order valence-corrected chi connectivity index (χ0v) is 9.28. The Kier molecular flexibility index (Phi) is 5.26. The van der Waals surface area contributed by atoms with Crippen molar-refractivity contribution in [3.05, 3.63) is 41.7 Å². The van der Waals surface area contributed by atoms with Crippen LogP contribution in [0.15, 0.2) is 30.3 Å². The summed E-state index contributed by atoms with van der Waals surface area (Å²) in [6.07, 6.45) is 4.82. The van der Waals surface area contributed by atoms with Crippen LogP contribution >= 0.6 is 0 Å². The van der Waals surface area contributed by atoms with Gasteiger partial charge in [0.1, 0.15) is 5.82 Å². The first-order chi connectivity index (χ1) is 7.72. The lowest BCUT2D eigenvalue weighted by molar-refractivity contribution is -0.137. The molecule has 0 aliphatic heterocycles. The van der Waals surface area contributed by atoms with Gasteiger partial charge in [-0.2, -0.15) is 0 Å². The van der Waals surface area contributed by atoms with Crippen LogP contribution in [0.3, 0.4) is 0 Å². The molecular formula is C13H15FO2. The van der Waals surface area contributed by atoms with E-state index in [2.05, 4.69) is 0 Å². The number of hydrogen-bond donors (Lipinski definition) is 0. The maximum Gasteiger partial charge on any atom is 0.330 e. The summed E-state index contributed by atoms with van der Waals surface area (Å²) in [6.45, 7) is 2.48. The van der Waals surface area contributed by atoms with Gasteiger partial charge in [-0.15, -0.1) is 0 Å². The van der Waals surface area contributed by atoms with Gasteiger partial charge in [-0.25, -0.2) is 9.18 Å². The lowest BCUT2D eigenvalue weighted by Gasteiger charge is -1.99. The summed E-state index contributed by atoms with van der Waals surface area (Å²) in [4.78, 5) is 11.2. The summed E-state index contributed by atoms with van der Waals surface area (Å²) in [5, 5.41) is 0. The van der Waals surface area contributed by atoms with Gasteiger partial charge in [0.25, 0.3) is 0 Å². The monoisotopic (exact) mass is 222 g/mol. The van der Waals surface area contributed by atoms with Crippen molar-refractivity contribution in [2.45, 2.75) is 19.8 Å². The fourth-order valence-electron chi connectivity index (χ4n) is 1.10. The quantitative estimate of drug-likeness (QED) is 0.434. The number of carbonyl (C=O) groups is 1. The summed E-state index contributed by atoms with van der Waals surface area (Å²) in [5.41, 5.74) is 0.772. The zero-order chi connectivity index (χ0) is 11.8. The molecule has 2 nitrogen and oxygen atoms in total. The smallest absolute Gasteiger partial charge is 0.330 e. The molecule has 0 heterocycles. The van der Waals surface area contributed by atoms with Gasteiger partial charge in [0.2, 0.25) is 0 Å². The molecule has 1 aromatic carbocycles. The number of esters is 1. The van der Waals surface area contributed by atoms with Gasteiger partial charge in [-0.1, -0.05) is 25.5 Å². The third-order valence-electron chi connectivity index (χ3n) is 2.02. The molecule has 0 unspecified atom stereocenters. The average Bonchev–Trinajstić information content (AvgIpc) is 2.29. The molecule has 0 aliphatic rings. The van der Waals surface area contributed by atoms with E-state index in [9.17, 15) is 9.18 Å². The van der Waals surface area contributed by atoms with Gasteiger partial charge in [-0.05, 0) is 30.2 Å². The highest BCUT2D eigenvalue weighted by atomic mass is 19.1. The molecule has 0 bridgehead atoms. The molecule has 0 fully saturated rings. The Hall–Kier alpha value is -1.64. The van der Waals surface area contributed by atoms with E-state index >= 15 is 0 Å². The molecule has 3 heteroatoms. The predicted octanol–water partition coefficient (Wildman–Crippen LogP) is 3.18. The zero-order valence-electron chi connectivity index (χ0n) is 9.28. The van der Waals surface area contributed by atoms with Gasteiger partial charge >= 0.3 is 5.97 Å². The summed E-state index contributed by atoms with van der Waals surface area (Å²) in [7, 11) is 0. The van der Waals surface area contributed by atoms with Gasteiger partial charge in [0.15, 0.2) is 0 Å². The van der Waals surface area contributed by atoms with Crippen molar-refractivity contribution in [2.75, 3.05) is 6.61 Å². The summed E-state index contributed by atoms with van der Waals surface area (Å²) < 4.78 is 17.5. The standard InChI is InChI=1S/C13H15FO2/c1-2-3-10-16-13(15)9-6-11-4-7-12(14)8-5-11/h4-9H,2-3,10H2,1H3/b9-6+. The van der Waals surface area contributed by atoms with E-state index in [1.54, 1.807) is 18.2 Å². The van der Waals surface area contributed by atoms with Crippen molar-refractivity contribution in [3.8, 4) is 0 Å². The van der Waals surface area contributed by atoms with Crippen LogP contribution in [-0.2, 0) is 9.53 Å². The van der Waals surface area contributed by atoms with Crippen LogP contribution in [0, 0.1) is 5.82 Å². The maximum atomic E-state index is 12.6. The molecule has 1 aromatic rings. The minimum absolute atomic E-state index is 0.289. The lowest BCUT2D eigenvalue weighted by atomic mass is 10.2. The van der Waals surface area contributed by atoms with Crippen molar-refractivity contribution in [2.24, 2.45) is 0 Å². The number of unbranched alkanes of at least 4 members (excludes halogenated alkanes) is 1. The number of hydrogen-bond acceptors (Lipinski definition) is 2. The highest BCUT2D eigenvalue weighted by Gasteiger charge is 1.96. The molecule has 0 aromatic heterocycles. The minimum atomic E-state index is -0.363. The van der Waals surface area contributed by atoms with Crippen LogP contribution in [0.2, 0.25) is 0 Å². The molecule has 0 saturated heterocycles. The first-order valence-corrected chi connectivity index (χ1v) is 5.33. The highest BCUT2D eigenvalue weighted by molar-refractivity contribution is 5.86. The van der Waals surface area contributed by atoms with E-state index in [0.29, 0.717) is 6.61 Å². The highest BCUT2D eigenvalue weighted by Crippen LogP contribution is 2.04. The normalized spacial score (nSPS) is 10.6. The van der Waals surface area contributed by atoms with Gasteiger partial charge < -0.3 is 4.74 Å². The second-order valence-electron chi connectivity index (χ2n) is 3.41. The predicted molar refractivity (Wildman–Crippen MR) is 61.3 cm³/mol. The topological polar surface area (TPSA) is 26.3 Å². The van der Waals surface area contributed by atoms with Crippen molar-refractivity contribution >= 4 is 12.0 Å². The molecule has 0 radical (unpaired) electrons. The Bertz CT molecular complexity index is 355. The number of rotatable bonds is 5. The fraction of sp³-hybridized carbons (Fsp3) is 0.308. The largest absolute Gasteiger partial charge is 0.463 e. The Balaban J connectivity index is 2.41. The molecular weight excluding hydrogens is 207 g/mol. The molecule has 16 heavy (non-hydrogen) atoms. The first-order valence-electron chi connectivity index (χ1n) is 5.33. The number of ether oxygens (including phenoxy) is 1. The van der Waals surface area contributed by atoms with E-state index < -0.39 is 0 Å². The van der Waals surface area contributed by atoms with Crippen molar-refractivity contribution in [3.63, 3.8) is 0 Å². The Morgan fingerprint density at radius 2 is 2.06 bits per heavy atom. The van der Waals surface area contributed by atoms with Crippen molar-refractivity contribution in [1.29, 1.82) is 0 Å². The van der Waals surface area contributed by atoms with Crippen LogP contribution in [-0.4, -0.2) is 12.6 Å². The van der Waals surface area contributed by atoms with E-state index in [1.165, 1.54) is 18.2 Å². The maximum absolute atomic E-state index is 12.6. The van der Waals surface area contributed by atoms with Gasteiger partial charge in [0, 0.05) is 6.08 Å². The Morgan fingerprint density at radius 1 is 1.38 bits per heavy atom. The molecule has 0 spiro atoms. The van der Waals surface area contributed by atoms with E-state index in [4.69, 9.17) is 4.74 Å². The Labute approximate surface area is 94.7 Å². The third-order valence-corrected chi connectivity index (χ3v) is 2.02. The molecule has 0 saturated carbocycles. The van der Waals surface area contributed by atoms with E-state index in [0.717, 1.165) is 18.4 Å². The SMILES string of the molecule is CCCCOC(=O)/C=C/c1ccc(F)cc1. The van der Waals surface area contributed by atoms with Crippen LogP contribution in [0.4, 0.5) is 4.39 Å². The van der Waals surface area contributed by atoms with Gasteiger partial charge in [-0.3, -0.25) is 0 Å². The molecule has 0 amide bonds. The molecule has 1 rings (SSSR count). The minimum Gasteiger partial charge on any atom is -0.463 e. The Morgan fingerprint density at radius 3 is 2.69 bits per heavy atom. The third kappa shape index (κ3) is 4.73. The fourth-order valence-corrected chi connectivity index (χ4v) is 1.10. The summed E-state index contributed by atoms with van der Waals surface area (Å²) >= 11 is 0. The number of carbonyl (C=O) groups excluding carboxylic acids is 1. The average molecular weight is 222 g/mol. The molecule has 86 valence electrons. The lowest BCUT2D eigenvalue weighted by Crippen LogP contribution is -2.01. The summed E-state index contributed by atoms with van der Waals surface area (Å²) in [5.74, 6) is -0.652. The number of halogens is 1. The molecule has 0 aliphatic carbocycles. The van der Waals surface area contributed by atoms with Gasteiger partial charge in [0.05, 0.1) is 6.61 Å². The van der Waals surface area contributed by atoms with Crippen LogP contribution in [0.1, 0.15) is 25.3 Å². The van der Waals surface area contributed by atoms with Crippen molar-refractivity contribution in [1.82, 2.24) is 0 Å². The second kappa shape index (κ2) is 6.77. The van der Waals surface area contributed by atoms with E-state index in [-0.39, 0.29) is 11.8 Å². The van der Waals surface area contributed by atoms with Crippen molar-refractivity contribution < 1.29 is 13.9 Å². The first kappa shape index (κ1) is 12.4. The van der Waals surface area contributed by atoms with Crippen LogP contribution < -0.4 is 0 Å². The summed E-state index contributed by atoms with van der Waals surface area (Å²) in [6, 6.07) is 5.90. The second-order valence-corrected chi connectivity index (χ2v) is 3.41.